The topological polar surface area (TPSA) is 47.0 Å². The Morgan fingerprint density at radius 1 is 1.17 bits per heavy atom. The van der Waals surface area contributed by atoms with Gasteiger partial charge in [0.25, 0.3) is 0 Å². The number of anilines is 1. The number of thiophene rings is 1. The molecule has 3 aromatic rings. The molecule has 1 fully saturated rings. The van der Waals surface area contributed by atoms with Crippen molar-refractivity contribution in [3.05, 3.63) is 42.7 Å². The first-order valence-electron chi connectivity index (χ1n) is 7.93. The summed E-state index contributed by atoms with van der Waals surface area (Å²) < 4.78 is 5.46. The summed E-state index contributed by atoms with van der Waals surface area (Å²) >= 11 is 1.71. The highest BCUT2D eigenvalue weighted by molar-refractivity contribution is 7.21. The number of nitrogens with one attached hydrogen (secondary N) is 1. The molecule has 0 amide bonds. The van der Waals surface area contributed by atoms with Crippen LogP contribution in [0.15, 0.2) is 42.7 Å². The van der Waals surface area contributed by atoms with E-state index in [1.54, 1.807) is 24.8 Å². The van der Waals surface area contributed by atoms with Gasteiger partial charge in [0.15, 0.2) is 0 Å². The molecule has 0 aliphatic heterocycles. The fourth-order valence-corrected chi connectivity index (χ4v) is 4.20. The maximum Gasteiger partial charge on any atom is 0.138 e. The van der Waals surface area contributed by atoms with Crippen molar-refractivity contribution >= 4 is 27.4 Å². The summed E-state index contributed by atoms with van der Waals surface area (Å²) in [6.07, 6.45) is 5.30. The van der Waals surface area contributed by atoms with Crippen LogP contribution in [0.4, 0.5) is 5.82 Å². The minimum atomic E-state index is 0.368. The first-order valence-corrected chi connectivity index (χ1v) is 8.74. The molecule has 0 radical (unpaired) electrons. The van der Waals surface area contributed by atoms with Crippen LogP contribution >= 0.6 is 11.3 Å². The lowest BCUT2D eigenvalue weighted by atomic mass is 10.2. The van der Waals surface area contributed by atoms with Gasteiger partial charge in [0.1, 0.15) is 17.0 Å². The molecule has 2 atom stereocenters. The number of benzene rings is 1. The number of aromatic nitrogens is 2. The zero-order chi connectivity index (χ0) is 15.6. The van der Waals surface area contributed by atoms with E-state index in [2.05, 4.69) is 45.6 Å². The zero-order valence-corrected chi connectivity index (χ0v) is 13.8. The van der Waals surface area contributed by atoms with Gasteiger partial charge in [0.05, 0.1) is 11.5 Å². The predicted molar refractivity (Wildman–Crippen MR) is 94.9 cm³/mol. The summed E-state index contributed by atoms with van der Waals surface area (Å²) in [5, 5.41) is 4.70. The molecule has 2 unspecified atom stereocenters. The van der Waals surface area contributed by atoms with Crippen molar-refractivity contribution in [2.45, 2.75) is 31.4 Å². The molecular weight excluding hydrogens is 306 g/mol. The van der Waals surface area contributed by atoms with Crippen molar-refractivity contribution in [1.29, 1.82) is 0 Å². The number of rotatable bonds is 4. The number of fused-ring (bicyclic) bond motifs is 1. The Kier molecular flexibility index (Phi) is 3.97. The predicted octanol–water partition coefficient (Wildman–Crippen LogP) is 4.34. The highest BCUT2D eigenvalue weighted by Gasteiger charge is 2.25. The van der Waals surface area contributed by atoms with E-state index in [1.165, 1.54) is 10.4 Å². The maximum absolute atomic E-state index is 5.46. The molecule has 1 aliphatic rings. The summed E-state index contributed by atoms with van der Waals surface area (Å²) in [5.41, 5.74) is 1.22. The number of hydrogen-bond donors (Lipinski definition) is 1. The molecule has 1 aromatic carbocycles. The summed E-state index contributed by atoms with van der Waals surface area (Å²) in [4.78, 5) is 11.2. The van der Waals surface area contributed by atoms with Gasteiger partial charge >= 0.3 is 0 Å². The molecule has 1 aliphatic carbocycles. The van der Waals surface area contributed by atoms with Crippen molar-refractivity contribution in [1.82, 2.24) is 9.97 Å². The Morgan fingerprint density at radius 2 is 2.04 bits per heavy atom. The molecule has 2 heterocycles. The first-order chi connectivity index (χ1) is 11.3. The Balaban J connectivity index is 1.64. The maximum atomic E-state index is 5.46. The molecule has 2 aromatic heterocycles. The first kappa shape index (κ1) is 14.6. The highest BCUT2D eigenvalue weighted by atomic mass is 32.1. The summed E-state index contributed by atoms with van der Waals surface area (Å²) in [6.45, 7) is 0. The van der Waals surface area contributed by atoms with Crippen LogP contribution in [0.5, 0.6) is 0 Å². The molecule has 1 saturated carbocycles. The smallest absolute Gasteiger partial charge is 0.138 e. The molecule has 4 nitrogen and oxygen atoms in total. The van der Waals surface area contributed by atoms with Crippen LogP contribution in [-0.2, 0) is 4.74 Å². The normalized spacial score (nSPS) is 20.9. The van der Waals surface area contributed by atoms with Gasteiger partial charge in [-0.2, -0.15) is 0 Å². The SMILES string of the molecule is COC1CCC(Nc2ncnc3sc(-c4ccccc4)cc23)C1. The monoisotopic (exact) mass is 325 g/mol. The fourth-order valence-electron chi connectivity index (χ4n) is 3.19. The number of hydrogen-bond acceptors (Lipinski definition) is 5. The van der Waals surface area contributed by atoms with Crippen LogP contribution in [0, 0.1) is 0 Å². The molecule has 0 spiro atoms. The van der Waals surface area contributed by atoms with Crippen LogP contribution in [0.3, 0.4) is 0 Å². The number of methoxy groups -OCH3 is 1. The van der Waals surface area contributed by atoms with Gasteiger partial charge in [-0.05, 0) is 30.9 Å². The average molecular weight is 325 g/mol. The van der Waals surface area contributed by atoms with Crippen molar-refractivity contribution in [3.63, 3.8) is 0 Å². The third kappa shape index (κ3) is 2.94. The lowest BCUT2D eigenvalue weighted by Crippen LogP contribution is -2.18. The Hall–Kier alpha value is -1.98. The average Bonchev–Trinajstić information content (AvgIpc) is 3.22. The molecular formula is C18H19N3OS. The second kappa shape index (κ2) is 6.26. The standard InChI is InChI=1S/C18H19N3OS/c1-22-14-8-7-13(9-14)21-17-15-10-16(12-5-3-2-4-6-12)23-18(15)20-11-19-17/h2-6,10-11,13-14H,7-9H2,1H3,(H,19,20,21). The second-order valence-corrected chi connectivity index (χ2v) is 6.96. The lowest BCUT2D eigenvalue weighted by Gasteiger charge is -2.13. The van der Waals surface area contributed by atoms with E-state index in [1.807, 2.05) is 6.07 Å². The van der Waals surface area contributed by atoms with Gasteiger partial charge < -0.3 is 10.1 Å². The van der Waals surface area contributed by atoms with Crippen molar-refractivity contribution < 1.29 is 4.74 Å². The summed E-state index contributed by atoms with van der Waals surface area (Å²) in [5.74, 6) is 0.940. The third-order valence-corrected chi connectivity index (χ3v) is 5.54. The highest BCUT2D eigenvalue weighted by Crippen LogP contribution is 2.35. The van der Waals surface area contributed by atoms with Crippen LogP contribution in [0.25, 0.3) is 20.7 Å². The van der Waals surface area contributed by atoms with Gasteiger partial charge in [0.2, 0.25) is 0 Å². The van der Waals surface area contributed by atoms with Crippen LogP contribution in [-0.4, -0.2) is 29.2 Å². The third-order valence-electron chi connectivity index (χ3n) is 4.45. The van der Waals surface area contributed by atoms with E-state index in [0.717, 1.165) is 35.3 Å². The van der Waals surface area contributed by atoms with Gasteiger partial charge in [-0.3, -0.25) is 0 Å². The Bertz CT molecular complexity index is 802. The Labute approximate surface area is 139 Å². The van der Waals surface area contributed by atoms with Crippen molar-refractivity contribution in [2.75, 3.05) is 12.4 Å². The largest absolute Gasteiger partial charge is 0.381 e. The summed E-state index contributed by atoms with van der Waals surface area (Å²) in [6, 6.07) is 13.0. The van der Waals surface area contributed by atoms with E-state index >= 15 is 0 Å². The lowest BCUT2D eigenvalue weighted by molar-refractivity contribution is 0.108. The fraction of sp³-hybridized carbons (Fsp3) is 0.333. The molecule has 23 heavy (non-hydrogen) atoms. The Morgan fingerprint density at radius 3 is 2.83 bits per heavy atom. The van der Waals surface area contributed by atoms with Crippen molar-refractivity contribution in [2.24, 2.45) is 0 Å². The van der Waals surface area contributed by atoms with E-state index in [-0.39, 0.29) is 0 Å². The van der Waals surface area contributed by atoms with Crippen molar-refractivity contribution in [3.8, 4) is 10.4 Å². The molecule has 0 bridgehead atoms. The van der Waals surface area contributed by atoms with E-state index in [0.29, 0.717) is 12.1 Å². The molecule has 118 valence electrons. The number of ether oxygens (including phenoxy) is 1. The molecule has 5 heteroatoms. The van der Waals surface area contributed by atoms with Gasteiger partial charge in [-0.25, -0.2) is 9.97 Å². The number of nitrogens with zero attached hydrogens (tertiary/aromatic N) is 2. The minimum Gasteiger partial charge on any atom is -0.381 e. The minimum absolute atomic E-state index is 0.368. The zero-order valence-electron chi connectivity index (χ0n) is 13.0. The van der Waals surface area contributed by atoms with Crippen LogP contribution < -0.4 is 5.32 Å². The molecule has 4 rings (SSSR count). The van der Waals surface area contributed by atoms with Crippen LogP contribution in [0.2, 0.25) is 0 Å². The second-order valence-electron chi connectivity index (χ2n) is 5.93. The molecule has 1 N–H and O–H groups in total. The van der Waals surface area contributed by atoms with Gasteiger partial charge in [-0.15, -0.1) is 11.3 Å². The van der Waals surface area contributed by atoms with Crippen LogP contribution in [0.1, 0.15) is 19.3 Å². The van der Waals surface area contributed by atoms with E-state index in [4.69, 9.17) is 4.74 Å². The van der Waals surface area contributed by atoms with Gasteiger partial charge in [0, 0.05) is 18.0 Å². The van der Waals surface area contributed by atoms with Gasteiger partial charge in [-0.1, -0.05) is 30.3 Å². The quantitative estimate of drug-likeness (QED) is 0.775. The van der Waals surface area contributed by atoms with E-state index in [9.17, 15) is 0 Å². The molecule has 0 saturated heterocycles. The van der Waals surface area contributed by atoms with E-state index < -0.39 is 0 Å². The summed E-state index contributed by atoms with van der Waals surface area (Å²) in [7, 11) is 1.79.